The SMILES string of the molecule is O[C@H]1CCCC[C@@H]1Nc1cccc(Cl)c1. The van der Waals surface area contributed by atoms with E-state index < -0.39 is 0 Å². The van der Waals surface area contributed by atoms with Gasteiger partial charge < -0.3 is 10.4 Å². The summed E-state index contributed by atoms with van der Waals surface area (Å²) in [5.41, 5.74) is 0.994. The summed E-state index contributed by atoms with van der Waals surface area (Å²) < 4.78 is 0. The number of nitrogens with one attached hydrogen (secondary N) is 1. The predicted molar refractivity (Wildman–Crippen MR) is 63.3 cm³/mol. The molecule has 0 amide bonds. The Balaban J connectivity index is 2.01. The Bertz CT molecular complexity index is 329. The van der Waals surface area contributed by atoms with E-state index in [1.165, 1.54) is 6.42 Å². The molecule has 0 aliphatic heterocycles. The van der Waals surface area contributed by atoms with Gasteiger partial charge in [-0.1, -0.05) is 30.5 Å². The summed E-state index contributed by atoms with van der Waals surface area (Å²) >= 11 is 5.90. The van der Waals surface area contributed by atoms with Crippen molar-refractivity contribution >= 4 is 17.3 Å². The highest BCUT2D eigenvalue weighted by molar-refractivity contribution is 6.30. The van der Waals surface area contributed by atoms with Crippen molar-refractivity contribution in [2.45, 2.75) is 37.8 Å². The highest BCUT2D eigenvalue weighted by atomic mass is 35.5. The van der Waals surface area contributed by atoms with E-state index in [-0.39, 0.29) is 12.1 Å². The third kappa shape index (κ3) is 2.86. The average molecular weight is 226 g/mol. The lowest BCUT2D eigenvalue weighted by Crippen LogP contribution is -2.36. The number of anilines is 1. The van der Waals surface area contributed by atoms with Gasteiger partial charge in [0, 0.05) is 10.7 Å². The second-order valence-electron chi connectivity index (χ2n) is 4.11. The first kappa shape index (κ1) is 10.8. The van der Waals surface area contributed by atoms with Crippen LogP contribution in [0.4, 0.5) is 5.69 Å². The van der Waals surface area contributed by atoms with Crippen molar-refractivity contribution < 1.29 is 5.11 Å². The molecule has 1 saturated carbocycles. The average Bonchev–Trinajstić information content (AvgIpc) is 2.22. The van der Waals surface area contributed by atoms with E-state index in [1.807, 2.05) is 24.3 Å². The molecule has 0 saturated heterocycles. The monoisotopic (exact) mass is 225 g/mol. The molecular weight excluding hydrogens is 210 g/mol. The van der Waals surface area contributed by atoms with Gasteiger partial charge in [0.2, 0.25) is 0 Å². The van der Waals surface area contributed by atoms with Crippen molar-refractivity contribution in [3.8, 4) is 0 Å². The van der Waals surface area contributed by atoms with Gasteiger partial charge in [-0.3, -0.25) is 0 Å². The van der Waals surface area contributed by atoms with Crippen LogP contribution in [0, 0.1) is 0 Å². The first-order chi connectivity index (χ1) is 7.25. The number of halogens is 1. The fourth-order valence-electron chi connectivity index (χ4n) is 2.07. The van der Waals surface area contributed by atoms with E-state index >= 15 is 0 Å². The molecule has 0 unspecified atom stereocenters. The van der Waals surface area contributed by atoms with Gasteiger partial charge >= 0.3 is 0 Å². The van der Waals surface area contributed by atoms with Crippen LogP contribution in [-0.4, -0.2) is 17.3 Å². The van der Waals surface area contributed by atoms with Gasteiger partial charge in [-0.2, -0.15) is 0 Å². The first-order valence-corrected chi connectivity index (χ1v) is 5.84. The summed E-state index contributed by atoms with van der Waals surface area (Å²) in [6, 6.07) is 7.82. The fraction of sp³-hybridized carbons (Fsp3) is 0.500. The molecule has 1 aromatic rings. The van der Waals surface area contributed by atoms with Crippen LogP contribution in [-0.2, 0) is 0 Å². The largest absolute Gasteiger partial charge is 0.391 e. The quantitative estimate of drug-likeness (QED) is 0.811. The van der Waals surface area contributed by atoms with Crippen molar-refractivity contribution in [2.75, 3.05) is 5.32 Å². The van der Waals surface area contributed by atoms with Crippen LogP contribution in [0.2, 0.25) is 5.02 Å². The standard InChI is InChI=1S/C12H16ClNO/c13-9-4-3-5-10(8-9)14-11-6-1-2-7-12(11)15/h3-5,8,11-12,14-15H,1-2,6-7H2/t11-,12-/m0/s1. The molecule has 3 heteroatoms. The summed E-state index contributed by atoms with van der Waals surface area (Å²) in [5.74, 6) is 0. The van der Waals surface area contributed by atoms with E-state index in [2.05, 4.69) is 5.32 Å². The lowest BCUT2D eigenvalue weighted by Gasteiger charge is -2.29. The van der Waals surface area contributed by atoms with Crippen molar-refractivity contribution in [3.63, 3.8) is 0 Å². The molecule has 15 heavy (non-hydrogen) atoms. The summed E-state index contributed by atoms with van der Waals surface area (Å²) in [4.78, 5) is 0. The van der Waals surface area contributed by atoms with E-state index in [9.17, 15) is 5.11 Å². The molecule has 2 nitrogen and oxygen atoms in total. The second kappa shape index (κ2) is 4.86. The van der Waals surface area contributed by atoms with Gasteiger partial charge in [0.1, 0.15) is 0 Å². The highest BCUT2D eigenvalue weighted by Crippen LogP contribution is 2.23. The zero-order valence-electron chi connectivity index (χ0n) is 8.62. The molecule has 1 aliphatic carbocycles. The minimum atomic E-state index is -0.224. The third-order valence-electron chi connectivity index (χ3n) is 2.91. The zero-order chi connectivity index (χ0) is 10.7. The molecule has 1 fully saturated rings. The number of hydrogen-bond donors (Lipinski definition) is 2. The third-order valence-corrected chi connectivity index (χ3v) is 3.14. The zero-order valence-corrected chi connectivity index (χ0v) is 9.37. The predicted octanol–water partition coefficient (Wildman–Crippen LogP) is 3.06. The molecule has 2 N–H and O–H groups in total. The first-order valence-electron chi connectivity index (χ1n) is 5.46. The van der Waals surface area contributed by atoms with Gasteiger partial charge in [0.05, 0.1) is 12.1 Å². The minimum absolute atomic E-state index is 0.178. The molecule has 1 aliphatic rings. The van der Waals surface area contributed by atoms with Crippen molar-refractivity contribution in [1.82, 2.24) is 0 Å². The Kier molecular flexibility index (Phi) is 3.49. The molecule has 0 heterocycles. The smallest absolute Gasteiger partial charge is 0.0741 e. The Morgan fingerprint density at radius 2 is 2.07 bits per heavy atom. The number of hydrogen-bond acceptors (Lipinski definition) is 2. The van der Waals surface area contributed by atoms with E-state index in [0.717, 1.165) is 30.0 Å². The Hall–Kier alpha value is -0.730. The molecule has 0 spiro atoms. The molecule has 1 aromatic carbocycles. The van der Waals surface area contributed by atoms with E-state index in [0.29, 0.717) is 0 Å². The molecule has 2 atom stereocenters. The summed E-state index contributed by atoms with van der Waals surface area (Å²) in [5, 5.41) is 13.9. The molecule has 0 bridgehead atoms. The molecule has 2 rings (SSSR count). The Morgan fingerprint density at radius 3 is 2.80 bits per heavy atom. The van der Waals surface area contributed by atoms with Crippen molar-refractivity contribution in [1.29, 1.82) is 0 Å². The van der Waals surface area contributed by atoms with Crippen LogP contribution >= 0.6 is 11.6 Å². The summed E-state index contributed by atoms with van der Waals surface area (Å²) in [7, 11) is 0. The lowest BCUT2D eigenvalue weighted by atomic mass is 9.92. The maximum atomic E-state index is 9.80. The summed E-state index contributed by atoms with van der Waals surface area (Å²) in [6.07, 6.45) is 4.04. The maximum Gasteiger partial charge on any atom is 0.0741 e. The second-order valence-corrected chi connectivity index (χ2v) is 4.55. The van der Waals surface area contributed by atoms with E-state index in [1.54, 1.807) is 0 Å². The van der Waals surface area contributed by atoms with Crippen LogP contribution in [0.5, 0.6) is 0 Å². The fourth-order valence-corrected chi connectivity index (χ4v) is 2.26. The topological polar surface area (TPSA) is 32.3 Å². The van der Waals surface area contributed by atoms with Gasteiger partial charge in [-0.05, 0) is 31.0 Å². The van der Waals surface area contributed by atoms with Gasteiger partial charge in [-0.25, -0.2) is 0 Å². The Morgan fingerprint density at radius 1 is 1.27 bits per heavy atom. The molecule has 0 aromatic heterocycles. The number of rotatable bonds is 2. The summed E-state index contributed by atoms with van der Waals surface area (Å²) in [6.45, 7) is 0. The van der Waals surface area contributed by atoms with Gasteiger partial charge in [0.25, 0.3) is 0 Å². The number of aliphatic hydroxyl groups is 1. The van der Waals surface area contributed by atoms with Crippen LogP contribution < -0.4 is 5.32 Å². The number of benzene rings is 1. The Labute approximate surface area is 95.3 Å². The van der Waals surface area contributed by atoms with Crippen LogP contribution in [0.15, 0.2) is 24.3 Å². The molecule has 0 radical (unpaired) electrons. The van der Waals surface area contributed by atoms with Crippen LogP contribution in [0.3, 0.4) is 0 Å². The lowest BCUT2D eigenvalue weighted by molar-refractivity contribution is 0.116. The molecule has 82 valence electrons. The van der Waals surface area contributed by atoms with Crippen LogP contribution in [0.25, 0.3) is 0 Å². The van der Waals surface area contributed by atoms with E-state index in [4.69, 9.17) is 11.6 Å². The minimum Gasteiger partial charge on any atom is -0.391 e. The van der Waals surface area contributed by atoms with Gasteiger partial charge in [0.15, 0.2) is 0 Å². The van der Waals surface area contributed by atoms with Crippen LogP contribution in [0.1, 0.15) is 25.7 Å². The maximum absolute atomic E-state index is 9.80. The van der Waals surface area contributed by atoms with Crippen molar-refractivity contribution in [2.24, 2.45) is 0 Å². The number of aliphatic hydroxyl groups excluding tert-OH is 1. The normalized spacial score (nSPS) is 26.3. The van der Waals surface area contributed by atoms with Crippen molar-refractivity contribution in [3.05, 3.63) is 29.3 Å². The highest BCUT2D eigenvalue weighted by Gasteiger charge is 2.22. The van der Waals surface area contributed by atoms with Gasteiger partial charge in [-0.15, -0.1) is 0 Å². The molecular formula is C12H16ClNO.